The molecule has 0 unspecified atom stereocenters. The molecule has 2 rings (SSSR count). The lowest BCUT2D eigenvalue weighted by Gasteiger charge is -2.12. The van der Waals surface area contributed by atoms with Crippen LogP contribution in [0.25, 0.3) is 0 Å². The first-order chi connectivity index (χ1) is 14.1. The zero-order chi connectivity index (χ0) is 20.9. The van der Waals surface area contributed by atoms with Gasteiger partial charge in [-0.25, -0.2) is 0 Å². The van der Waals surface area contributed by atoms with Crippen LogP contribution in [0.15, 0.2) is 54.6 Å². The Morgan fingerprint density at radius 1 is 0.931 bits per heavy atom. The highest BCUT2D eigenvalue weighted by Crippen LogP contribution is 2.20. The van der Waals surface area contributed by atoms with Crippen molar-refractivity contribution in [1.82, 2.24) is 21.5 Å². The van der Waals surface area contributed by atoms with Crippen LogP contribution in [0, 0.1) is 0 Å². The van der Waals surface area contributed by atoms with Crippen molar-refractivity contribution in [2.75, 3.05) is 26.8 Å². The van der Waals surface area contributed by atoms with E-state index < -0.39 is 5.91 Å². The molecule has 0 radical (unpaired) electrons. The van der Waals surface area contributed by atoms with Crippen molar-refractivity contribution in [3.8, 4) is 11.5 Å². The maximum absolute atomic E-state index is 12.2. The van der Waals surface area contributed by atoms with Gasteiger partial charge >= 0.3 is 0 Å². The molecule has 0 aromatic heterocycles. The van der Waals surface area contributed by atoms with E-state index in [1.165, 1.54) is 0 Å². The fourth-order valence-electron chi connectivity index (χ4n) is 2.19. The summed E-state index contributed by atoms with van der Waals surface area (Å²) in [6.07, 6.45) is 0.789. The van der Waals surface area contributed by atoms with E-state index in [1.54, 1.807) is 31.4 Å². The Morgan fingerprint density at radius 2 is 1.62 bits per heavy atom. The van der Waals surface area contributed by atoms with Gasteiger partial charge in [0.2, 0.25) is 0 Å². The lowest BCUT2D eigenvalue weighted by Crippen LogP contribution is -2.49. The first-order valence-electron chi connectivity index (χ1n) is 9.01. The zero-order valence-electron chi connectivity index (χ0n) is 16.1. The molecule has 0 aliphatic rings. The Balaban J connectivity index is 1.69. The van der Waals surface area contributed by atoms with E-state index in [9.17, 15) is 9.59 Å². The van der Waals surface area contributed by atoms with Gasteiger partial charge in [-0.3, -0.25) is 20.4 Å². The first kappa shape index (κ1) is 22.1. The van der Waals surface area contributed by atoms with Crippen molar-refractivity contribution >= 4 is 29.1 Å². The van der Waals surface area contributed by atoms with E-state index in [0.717, 1.165) is 6.42 Å². The monoisotopic (exact) mass is 416 g/mol. The van der Waals surface area contributed by atoms with Gasteiger partial charge in [-0.15, -0.1) is 0 Å². The van der Waals surface area contributed by atoms with Crippen LogP contribution in [0.4, 0.5) is 0 Å². The van der Waals surface area contributed by atoms with E-state index in [2.05, 4.69) is 21.5 Å². The molecule has 0 fully saturated rings. The standard InChI is InChI=1S/C20H24N4O4S/c1-27-13-5-12-21-20(29)24-23-18(25)14-22-19(26)15-8-10-17(11-9-15)28-16-6-3-2-4-7-16/h2-4,6-11H,5,12-14H2,1H3,(H,22,26)(H,23,25)(H2,21,24,29). The third-order valence-electron chi connectivity index (χ3n) is 3.63. The van der Waals surface area contributed by atoms with Crippen LogP contribution in [0.2, 0.25) is 0 Å². The van der Waals surface area contributed by atoms with Gasteiger partial charge in [-0.05, 0) is 55.0 Å². The van der Waals surface area contributed by atoms with Crippen LogP contribution in [0.5, 0.6) is 11.5 Å². The maximum atomic E-state index is 12.2. The van der Waals surface area contributed by atoms with Crippen LogP contribution in [-0.4, -0.2) is 43.7 Å². The molecule has 2 aromatic carbocycles. The second-order valence-electron chi connectivity index (χ2n) is 5.90. The van der Waals surface area contributed by atoms with E-state index >= 15 is 0 Å². The van der Waals surface area contributed by atoms with Crippen LogP contribution >= 0.6 is 12.2 Å². The van der Waals surface area contributed by atoms with Crippen LogP contribution in [0.3, 0.4) is 0 Å². The van der Waals surface area contributed by atoms with E-state index in [0.29, 0.717) is 30.2 Å². The Bertz CT molecular complexity index is 800. The molecular formula is C20H24N4O4S. The number of amides is 2. The minimum absolute atomic E-state index is 0.194. The molecule has 9 heteroatoms. The van der Waals surface area contributed by atoms with Gasteiger partial charge in [-0.2, -0.15) is 0 Å². The Kier molecular flexibility index (Phi) is 9.40. The van der Waals surface area contributed by atoms with Gasteiger partial charge in [0, 0.05) is 25.8 Å². The average molecular weight is 417 g/mol. The van der Waals surface area contributed by atoms with Gasteiger partial charge in [0.1, 0.15) is 11.5 Å². The fourth-order valence-corrected chi connectivity index (χ4v) is 2.35. The molecule has 29 heavy (non-hydrogen) atoms. The fraction of sp³-hybridized carbons (Fsp3) is 0.250. The molecule has 0 atom stereocenters. The molecule has 2 aromatic rings. The number of benzene rings is 2. The highest BCUT2D eigenvalue weighted by Gasteiger charge is 2.09. The third-order valence-corrected chi connectivity index (χ3v) is 3.88. The molecule has 4 N–H and O–H groups in total. The van der Waals surface area contributed by atoms with Gasteiger partial charge in [-0.1, -0.05) is 18.2 Å². The SMILES string of the molecule is COCCCNC(=S)NNC(=O)CNC(=O)c1ccc(Oc2ccccc2)cc1. The minimum Gasteiger partial charge on any atom is -0.457 e. The number of ether oxygens (including phenoxy) is 2. The minimum atomic E-state index is -0.427. The zero-order valence-corrected chi connectivity index (χ0v) is 16.9. The number of nitrogens with one attached hydrogen (secondary N) is 4. The number of hydrogen-bond acceptors (Lipinski definition) is 5. The lowest BCUT2D eigenvalue weighted by molar-refractivity contribution is -0.120. The van der Waals surface area contributed by atoms with Crippen LogP contribution in [-0.2, 0) is 9.53 Å². The maximum Gasteiger partial charge on any atom is 0.257 e. The predicted octanol–water partition coefficient (Wildman–Crippen LogP) is 1.74. The molecule has 2 amide bonds. The Hall–Kier alpha value is -3.17. The molecule has 0 aliphatic heterocycles. The van der Waals surface area contributed by atoms with Crippen LogP contribution < -0.4 is 26.2 Å². The molecule has 0 aliphatic carbocycles. The second kappa shape index (κ2) is 12.3. The highest BCUT2D eigenvalue weighted by atomic mass is 32.1. The van der Waals surface area contributed by atoms with Crippen molar-refractivity contribution in [3.63, 3.8) is 0 Å². The number of carbonyl (C=O) groups is 2. The van der Waals surface area contributed by atoms with E-state index in [1.807, 2.05) is 30.3 Å². The summed E-state index contributed by atoms with van der Waals surface area (Å²) in [4.78, 5) is 24.0. The second-order valence-corrected chi connectivity index (χ2v) is 6.31. The van der Waals surface area contributed by atoms with Crippen molar-refractivity contribution in [1.29, 1.82) is 0 Å². The number of thiocarbonyl (C=S) groups is 1. The number of hydrogen-bond donors (Lipinski definition) is 4. The summed E-state index contributed by atoms with van der Waals surface area (Å²) in [6, 6.07) is 16.0. The van der Waals surface area contributed by atoms with Gasteiger partial charge < -0.3 is 20.1 Å². The smallest absolute Gasteiger partial charge is 0.257 e. The predicted molar refractivity (Wildman–Crippen MR) is 114 cm³/mol. The van der Waals surface area contributed by atoms with Crippen molar-refractivity contribution in [2.24, 2.45) is 0 Å². The molecule has 0 saturated carbocycles. The summed E-state index contributed by atoms with van der Waals surface area (Å²) < 4.78 is 10.6. The molecule has 0 bridgehead atoms. The number of rotatable bonds is 9. The van der Waals surface area contributed by atoms with Gasteiger partial charge in [0.15, 0.2) is 5.11 Å². The summed E-state index contributed by atoms with van der Waals surface area (Å²) in [5.41, 5.74) is 5.39. The summed E-state index contributed by atoms with van der Waals surface area (Å²) in [7, 11) is 1.62. The molecule has 8 nitrogen and oxygen atoms in total. The summed E-state index contributed by atoms with van der Waals surface area (Å²) in [6.45, 7) is 1.05. The largest absolute Gasteiger partial charge is 0.457 e. The van der Waals surface area contributed by atoms with E-state index in [4.69, 9.17) is 21.7 Å². The number of methoxy groups -OCH3 is 1. The molecule has 0 saturated heterocycles. The van der Waals surface area contributed by atoms with Crippen molar-refractivity contribution < 1.29 is 19.1 Å². The summed E-state index contributed by atoms with van der Waals surface area (Å²) in [5.74, 6) is 0.524. The molecular weight excluding hydrogens is 392 g/mol. The molecule has 0 spiro atoms. The Morgan fingerprint density at radius 3 is 2.31 bits per heavy atom. The van der Waals surface area contributed by atoms with E-state index in [-0.39, 0.29) is 17.6 Å². The quantitative estimate of drug-likeness (QED) is 0.281. The normalized spacial score (nSPS) is 9.97. The number of carbonyl (C=O) groups excluding carboxylic acids is 2. The molecule has 0 heterocycles. The summed E-state index contributed by atoms with van der Waals surface area (Å²) in [5, 5.41) is 5.74. The Labute approximate surface area is 174 Å². The third kappa shape index (κ3) is 8.58. The van der Waals surface area contributed by atoms with Gasteiger partial charge in [0.05, 0.1) is 6.54 Å². The van der Waals surface area contributed by atoms with Crippen molar-refractivity contribution in [2.45, 2.75) is 6.42 Å². The van der Waals surface area contributed by atoms with Gasteiger partial charge in [0.25, 0.3) is 11.8 Å². The lowest BCUT2D eigenvalue weighted by atomic mass is 10.2. The number of hydrazine groups is 1. The van der Waals surface area contributed by atoms with Crippen molar-refractivity contribution in [3.05, 3.63) is 60.2 Å². The number of para-hydroxylation sites is 1. The molecule has 154 valence electrons. The first-order valence-corrected chi connectivity index (χ1v) is 9.42. The highest BCUT2D eigenvalue weighted by molar-refractivity contribution is 7.80. The average Bonchev–Trinajstić information content (AvgIpc) is 2.75. The topological polar surface area (TPSA) is 101 Å². The summed E-state index contributed by atoms with van der Waals surface area (Å²) >= 11 is 5.02. The van der Waals surface area contributed by atoms with Crippen LogP contribution in [0.1, 0.15) is 16.8 Å².